The Hall–Kier alpha value is -2.66. The van der Waals surface area contributed by atoms with Gasteiger partial charge in [-0.3, -0.25) is 4.57 Å². The van der Waals surface area contributed by atoms with Gasteiger partial charge in [0.1, 0.15) is 12.4 Å². The minimum absolute atomic E-state index is 0.106. The van der Waals surface area contributed by atoms with Gasteiger partial charge in [0, 0.05) is 6.07 Å². The summed E-state index contributed by atoms with van der Waals surface area (Å²) in [6.07, 6.45) is 0.137. The molecule has 1 unspecified atom stereocenters. The molecular formula is C17H20N3O4P. The molecule has 2 aromatic carbocycles. The molecule has 3 N–H and O–H groups in total. The molecule has 2 aromatic rings. The highest BCUT2D eigenvalue weighted by molar-refractivity contribution is 7.66. The normalized spacial score (nSPS) is 17.8. The average molecular weight is 361 g/mol. The van der Waals surface area contributed by atoms with Crippen molar-refractivity contribution < 1.29 is 18.8 Å². The lowest BCUT2D eigenvalue weighted by molar-refractivity contribution is 0.146. The van der Waals surface area contributed by atoms with E-state index in [2.05, 4.69) is 15.3 Å². The van der Waals surface area contributed by atoms with Crippen molar-refractivity contribution in [3.05, 3.63) is 54.1 Å². The van der Waals surface area contributed by atoms with Crippen LogP contribution >= 0.6 is 7.59 Å². The summed E-state index contributed by atoms with van der Waals surface area (Å²) in [5.74, 6) is 0.676. The van der Waals surface area contributed by atoms with E-state index in [-0.39, 0.29) is 6.61 Å². The van der Waals surface area contributed by atoms with Gasteiger partial charge in [0.05, 0.1) is 18.0 Å². The van der Waals surface area contributed by atoms with Crippen LogP contribution in [0.4, 0.5) is 16.2 Å². The van der Waals surface area contributed by atoms with Crippen LogP contribution in [-0.4, -0.2) is 12.7 Å². The summed E-state index contributed by atoms with van der Waals surface area (Å²) in [6.45, 7) is 2.73. The number of amides is 1. The van der Waals surface area contributed by atoms with Crippen molar-refractivity contribution >= 4 is 25.1 Å². The molecule has 0 aliphatic carbocycles. The molecule has 1 atom stereocenters. The minimum Gasteiger partial charge on any atom is -0.494 e. The average Bonchev–Trinajstić information content (AvgIpc) is 2.94. The minimum atomic E-state index is -3.36. The Balaban J connectivity index is 1.57. The molecule has 1 aliphatic heterocycles. The molecule has 8 heteroatoms. The number of fused-ring (bicyclic) bond motifs is 1. The lowest BCUT2D eigenvalue weighted by Gasteiger charge is -2.14. The monoisotopic (exact) mass is 361 g/mol. The molecule has 0 saturated carbocycles. The summed E-state index contributed by atoms with van der Waals surface area (Å²) < 4.78 is 23.4. The van der Waals surface area contributed by atoms with Crippen molar-refractivity contribution in [2.75, 3.05) is 16.8 Å². The molecule has 0 fully saturated rings. The number of benzene rings is 2. The third-order valence-corrected chi connectivity index (χ3v) is 5.09. The van der Waals surface area contributed by atoms with E-state index in [1.54, 1.807) is 18.2 Å². The van der Waals surface area contributed by atoms with Gasteiger partial charge in [-0.05, 0) is 24.1 Å². The Morgan fingerprint density at radius 3 is 2.64 bits per heavy atom. The molecule has 0 saturated heterocycles. The van der Waals surface area contributed by atoms with Gasteiger partial charge in [-0.2, -0.15) is 0 Å². The molecule has 0 radical (unpaired) electrons. The van der Waals surface area contributed by atoms with E-state index >= 15 is 0 Å². The summed E-state index contributed by atoms with van der Waals surface area (Å²) in [5.41, 5.74) is 2.10. The SMILES string of the molecule is CCCOc1ccc2c(c1)NP(=O)(NC(=O)OCc1ccccc1)N2. The van der Waals surface area contributed by atoms with Crippen molar-refractivity contribution in [2.24, 2.45) is 0 Å². The topological polar surface area (TPSA) is 88.7 Å². The fraction of sp³-hybridized carbons (Fsp3) is 0.235. The molecule has 1 amide bonds. The first-order valence-corrected chi connectivity index (χ1v) is 9.71. The van der Waals surface area contributed by atoms with Crippen LogP contribution in [0, 0.1) is 0 Å². The smallest absolute Gasteiger partial charge is 0.415 e. The standard InChI is InChI=1S/C17H20N3O4P/c1-2-10-23-14-8-9-15-16(11-14)19-25(22,18-15)20-17(21)24-12-13-6-4-3-5-7-13/h3-9,11H,2,10,12H2,1H3,(H3,18,19,20,21,22). The van der Waals surface area contributed by atoms with E-state index in [9.17, 15) is 9.36 Å². The first kappa shape index (κ1) is 17.2. The highest BCUT2D eigenvalue weighted by Crippen LogP contribution is 2.51. The van der Waals surface area contributed by atoms with Crippen molar-refractivity contribution in [1.82, 2.24) is 5.09 Å². The van der Waals surface area contributed by atoms with Gasteiger partial charge in [-0.15, -0.1) is 0 Å². The third-order valence-electron chi connectivity index (χ3n) is 3.48. The molecule has 1 aliphatic rings. The molecule has 25 heavy (non-hydrogen) atoms. The second kappa shape index (κ2) is 7.49. The van der Waals surface area contributed by atoms with E-state index in [1.165, 1.54) is 0 Å². The molecule has 7 nitrogen and oxygen atoms in total. The number of rotatable bonds is 6. The molecular weight excluding hydrogens is 341 g/mol. The summed E-state index contributed by atoms with van der Waals surface area (Å²) >= 11 is 0. The fourth-order valence-corrected chi connectivity index (χ4v) is 3.88. The number of anilines is 2. The second-order valence-electron chi connectivity index (χ2n) is 5.56. The maximum absolute atomic E-state index is 12.7. The molecule has 0 aromatic heterocycles. The zero-order valence-electron chi connectivity index (χ0n) is 13.8. The van der Waals surface area contributed by atoms with Crippen molar-refractivity contribution in [1.29, 1.82) is 0 Å². The molecule has 0 spiro atoms. The van der Waals surface area contributed by atoms with Gasteiger partial charge in [-0.25, -0.2) is 9.88 Å². The number of ether oxygens (including phenoxy) is 2. The molecule has 0 bridgehead atoms. The van der Waals surface area contributed by atoms with Crippen LogP contribution in [0.3, 0.4) is 0 Å². The van der Waals surface area contributed by atoms with Crippen LogP contribution in [0.15, 0.2) is 48.5 Å². The summed E-state index contributed by atoms with van der Waals surface area (Å²) in [5, 5.41) is 7.98. The van der Waals surface area contributed by atoms with E-state index in [0.29, 0.717) is 23.7 Å². The van der Waals surface area contributed by atoms with Crippen LogP contribution in [0.5, 0.6) is 5.75 Å². The largest absolute Gasteiger partial charge is 0.494 e. The summed E-state index contributed by atoms with van der Waals surface area (Å²) in [4.78, 5) is 11.9. The van der Waals surface area contributed by atoms with Crippen LogP contribution in [0.2, 0.25) is 0 Å². The van der Waals surface area contributed by atoms with Gasteiger partial charge in [0.2, 0.25) is 0 Å². The number of carbonyl (C=O) groups excluding carboxylic acids is 1. The number of nitrogens with one attached hydrogen (secondary N) is 3. The van der Waals surface area contributed by atoms with Gasteiger partial charge >= 0.3 is 13.7 Å². The highest BCUT2D eigenvalue weighted by atomic mass is 31.2. The lowest BCUT2D eigenvalue weighted by Crippen LogP contribution is -2.25. The lowest BCUT2D eigenvalue weighted by atomic mass is 10.2. The zero-order valence-corrected chi connectivity index (χ0v) is 14.7. The van der Waals surface area contributed by atoms with E-state index < -0.39 is 13.7 Å². The Bertz CT molecular complexity index is 798. The Kier molecular flexibility index (Phi) is 5.14. The van der Waals surface area contributed by atoms with Gasteiger partial charge < -0.3 is 19.6 Å². The predicted molar refractivity (Wildman–Crippen MR) is 96.8 cm³/mol. The summed E-state index contributed by atoms with van der Waals surface area (Å²) in [7, 11) is -3.36. The van der Waals surface area contributed by atoms with Gasteiger partial charge in [0.25, 0.3) is 0 Å². The quantitative estimate of drug-likeness (QED) is 0.663. The fourth-order valence-electron chi connectivity index (χ4n) is 2.33. The number of hydrogen-bond donors (Lipinski definition) is 3. The van der Waals surface area contributed by atoms with E-state index in [0.717, 1.165) is 12.0 Å². The van der Waals surface area contributed by atoms with E-state index in [1.807, 2.05) is 37.3 Å². The first-order valence-electron chi connectivity index (χ1n) is 8.00. The van der Waals surface area contributed by atoms with Crippen LogP contribution in [-0.2, 0) is 15.9 Å². The maximum atomic E-state index is 12.7. The molecule has 1 heterocycles. The van der Waals surface area contributed by atoms with Gasteiger partial charge in [0.15, 0.2) is 0 Å². The number of carbonyl (C=O) groups is 1. The van der Waals surface area contributed by atoms with Crippen molar-refractivity contribution in [2.45, 2.75) is 20.0 Å². The zero-order chi connectivity index (χ0) is 17.7. The van der Waals surface area contributed by atoms with Crippen LogP contribution < -0.4 is 20.0 Å². The van der Waals surface area contributed by atoms with Gasteiger partial charge in [-0.1, -0.05) is 37.3 Å². The molecule has 132 valence electrons. The Labute approximate surface area is 146 Å². The third kappa shape index (κ3) is 4.45. The van der Waals surface area contributed by atoms with Crippen molar-refractivity contribution in [3.63, 3.8) is 0 Å². The first-order chi connectivity index (χ1) is 12.1. The number of hydrogen-bond acceptors (Lipinski definition) is 4. The second-order valence-corrected chi connectivity index (χ2v) is 7.45. The van der Waals surface area contributed by atoms with Crippen molar-refractivity contribution in [3.8, 4) is 5.75 Å². The summed E-state index contributed by atoms with van der Waals surface area (Å²) in [6, 6.07) is 14.6. The van der Waals surface area contributed by atoms with Crippen LogP contribution in [0.1, 0.15) is 18.9 Å². The predicted octanol–water partition coefficient (Wildman–Crippen LogP) is 4.35. The molecule has 3 rings (SSSR count). The Morgan fingerprint density at radius 1 is 1.12 bits per heavy atom. The Morgan fingerprint density at radius 2 is 1.88 bits per heavy atom. The van der Waals surface area contributed by atoms with E-state index in [4.69, 9.17) is 9.47 Å². The maximum Gasteiger partial charge on any atom is 0.415 e. The van der Waals surface area contributed by atoms with Crippen LogP contribution in [0.25, 0.3) is 0 Å². The highest BCUT2D eigenvalue weighted by Gasteiger charge is 2.33.